The third-order valence-corrected chi connectivity index (χ3v) is 2.65. The quantitative estimate of drug-likeness (QED) is 0.595. The second-order valence-corrected chi connectivity index (χ2v) is 4.23. The third kappa shape index (κ3) is 3.82. The Hall–Kier alpha value is -1.85. The summed E-state index contributed by atoms with van der Waals surface area (Å²) in [6, 6.07) is 1.82. The van der Waals surface area contributed by atoms with Gasteiger partial charge in [0.1, 0.15) is 5.82 Å². The Balaban J connectivity index is 3.16. The van der Waals surface area contributed by atoms with Crippen molar-refractivity contribution in [2.24, 2.45) is 0 Å². The molecule has 0 aliphatic rings. The monoisotopic (exact) mass is 289 g/mol. The number of hydrogen-bond acceptors (Lipinski definition) is 1. The van der Waals surface area contributed by atoms with Gasteiger partial charge in [-0.3, -0.25) is 4.79 Å². The first kappa shape index (κ1) is 16.2. The Kier molecular flexibility index (Phi) is 5.30. The molecule has 1 aromatic rings. The zero-order chi connectivity index (χ0) is 15.3. The van der Waals surface area contributed by atoms with Crippen molar-refractivity contribution in [2.45, 2.75) is 19.5 Å². The van der Waals surface area contributed by atoms with E-state index in [4.69, 9.17) is 0 Å². The van der Waals surface area contributed by atoms with Gasteiger partial charge >= 0.3 is 6.18 Å². The van der Waals surface area contributed by atoms with Crippen LogP contribution in [0.15, 0.2) is 30.9 Å². The number of halogens is 4. The van der Waals surface area contributed by atoms with Crippen molar-refractivity contribution in [2.75, 3.05) is 13.1 Å². The molecule has 0 fully saturated rings. The molecule has 20 heavy (non-hydrogen) atoms. The number of amides is 1. The number of hydrogen-bond donors (Lipinski definition) is 0. The Morgan fingerprint density at radius 1 is 1.40 bits per heavy atom. The Bertz CT molecular complexity index is 496. The summed E-state index contributed by atoms with van der Waals surface area (Å²) in [6.07, 6.45) is -2.56. The molecule has 0 radical (unpaired) electrons. The van der Waals surface area contributed by atoms with Gasteiger partial charge in [-0.1, -0.05) is 13.0 Å². The highest BCUT2D eigenvalue weighted by Gasteiger charge is 2.32. The summed E-state index contributed by atoms with van der Waals surface area (Å²) >= 11 is 0. The van der Waals surface area contributed by atoms with Gasteiger partial charge < -0.3 is 4.90 Å². The molecule has 1 rings (SSSR count). The molecular formula is C14H15F4NO. The highest BCUT2D eigenvalue weighted by molar-refractivity contribution is 5.94. The number of carbonyl (C=O) groups is 1. The normalized spacial score (nSPS) is 11.2. The van der Waals surface area contributed by atoms with Crippen molar-refractivity contribution < 1.29 is 22.4 Å². The van der Waals surface area contributed by atoms with Gasteiger partial charge in [0, 0.05) is 13.1 Å². The summed E-state index contributed by atoms with van der Waals surface area (Å²) < 4.78 is 51.4. The molecule has 0 aliphatic carbocycles. The van der Waals surface area contributed by atoms with Crippen molar-refractivity contribution in [3.05, 3.63) is 47.8 Å². The lowest BCUT2D eigenvalue weighted by atomic mass is 10.1. The van der Waals surface area contributed by atoms with E-state index < -0.39 is 29.0 Å². The number of rotatable bonds is 5. The largest absolute Gasteiger partial charge is 0.416 e. The minimum absolute atomic E-state index is 0.155. The fourth-order valence-electron chi connectivity index (χ4n) is 1.74. The molecule has 0 unspecified atom stereocenters. The first-order chi connectivity index (χ1) is 9.31. The van der Waals surface area contributed by atoms with Crippen molar-refractivity contribution in [1.29, 1.82) is 0 Å². The molecule has 110 valence electrons. The smallest absolute Gasteiger partial charge is 0.335 e. The number of nitrogens with zero attached hydrogens (tertiary/aromatic N) is 1. The van der Waals surface area contributed by atoms with Crippen LogP contribution in [0.2, 0.25) is 0 Å². The number of alkyl halides is 3. The van der Waals surface area contributed by atoms with E-state index in [1.807, 2.05) is 6.92 Å². The van der Waals surface area contributed by atoms with Crippen LogP contribution in [0.4, 0.5) is 17.6 Å². The molecule has 0 aromatic heterocycles. The molecule has 0 heterocycles. The van der Waals surface area contributed by atoms with E-state index >= 15 is 0 Å². The summed E-state index contributed by atoms with van der Waals surface area (Å²) in [4.78, 5) is 13.4. The Morgan fingerprint density at radius 3 is 2.55 bits per heavy atom. The molecule has 1 amide bonds. The Labute approximate surface area is 114 Å². The topological polar surface area (TPSA) is 20.3 Å². The molecule has 0 saturated heterocycles. The zero-order valence-corrected chi connectivity index (χ0v) is 11.0. The lowest BCUT2D eigenvalue weighted by Gasteiger charge is -2.21. The van der Waals surface area contributed by atoms with Gasteiger partial charge in [0.05, 0.1) is 11.1 Å². The predicted octanol–water partition coefficient (Wildman–Crippen LogP) is 3.88. The summed E-state index contributed by atoms with van der Waals surface area (Å²) in [5, 5.41) is 0. The standard InChI is InChI=1S/C14H15F4NO/c1-3-7-19(8-4-2)13(20)11-9-10(14(16,17)18)5-6-12(11)15/h3,5-6,9H,1,4,7-8H2,2H3. The number of benzene rings is 1. The molecule has 0 N–H and O–H groups in total. The van der Waals surface area contributed by atoms with E-state index in [1.165, 1.54) is 11.0 Å². The lowest BCUT2D eigenvalue weighted by Crippen LogP contribution is -2.32. The average molecular weight is 289 g/mol. The van der Waals surface area contributed by atoms with Gasteiger partial charge in [-0.05, 0) is 24.6 Å². The van der Waals surface area contributed by atoms with Crippen molar-refractivity contribution in [3.8, 4) is 0 Å². The van der Waals surface area contributed by atoms with Crippen LogP contribution in [0.25, 0.3) is 0 Å². The maximum absolute atomic E-state index is 13.6. The van der Waals surface area contributed by atoms with E-state index in [2.05, 4.69) is 6.58 Å². The van der Waals surface area contributed by atoms with Crippen LogP contribution >= 0.6 is 0 Å². The highest BCUT2D eigenvalue weighted by atomic mass is 19.4. The zero-order valence-electron chi connectivity index (χ0n) is 11.0. The minimum atomic E-state index is -4.61. The molecule has 2 nitrogen and oxygen atoms in total. The van der Waals surface area contributed by atoms with Gasteiger partial charge in [-0.25, -0.2) is 4.39 Å². The number of carbonyl (C=O) groups excluding carboxylic acids is 1. The summed E-state index contributed by atoms with van der Waals surface area (Å²) in [5.74, 6) is -1.73. The van der Waals surface area contributed by atoms with Gasteiger partial charge in [0.15, 0.2) is 0 Å². The molecule has 0 bridgehead atoms. The molecule has 0 spiro atoms. The van der Waals surface area contributed by atoms with Gasteiger partial charge in [0.25, 0.3) is 5.91 Å². The molecule has 0 atom stereocenters. The summed E-state index contributed by atoms with van der Waals surface area (Å²) in [5.41, 5.74) is -1.62. The molecule has 0 saturated carbocycles. The second kappa shape index (κ2) is 6.54. The van der Waals surface area contributed by atoms with E-state index in [0.29, 0.717) is 31.2 Å². The second-order valence-electron chi connectivity index (χ2n) is 4.23. The fourth-order valence-corrected chi connectivity index (χ4v) is 1.74. The maximum Gasteiger partial charge on any atom is 0.416 e. The SMILES string of the molecule is C=CCN(CCC)C(=O)c1cc(C(F)(F)F)ccc1F. The third-order valence-electron chi connectivity index (χ3n) is 2.65. The van der Waals surface area contributed by atoms with Crippen LogP contribution in [0.1, 0.15) is 29.3 Å². The van der Waals surface area contributed by atoms with E-state index in [1.54, 1.807) is 0 Å². The highest BCUT2D eigenvalue weighted by Crippen LogP contribution is 2.30. The minimum Gasteiger partial charge on any atom is -0.335 e. The van der Waals surface area contributed by atoms with Crippen molar-refractivity contribution in [3.63, 3.8) is 0 Å². The predicted molar refractivity (Wildman–Crippen MR) is 67.8 cm³/mol. The average Bonchev–Trinajstić information content (AvgIpc) is 2.37. The van der Waals surface area contributed by atoms with Crippen LogP contribution in [0.3, 0.4) is 0 Å². The van der Waals surface area contributed by atoms with Gasteiger partial charge in [-0.2, -0.15) is 13.2 Å². The Morgan fingerprint density at radius 2 is 2.05 bits per heavy atom. The van der Waals surface area contributed by atoms with Crippen molar-refractivity contribution in [1.82, 2.24) is 4.90 Å². The molecule has 6 heteroatoms. The maximum atomic E-state index is 13.6. The van der Waals surface area contributed by atoms with Crippen LogP contribution in [0, 0.1) is 5.82 Å². The molecular weight excluding hydrogens is 274 g/mol. The molecule has 1 aromatic carbocycles. The van der Waals surface area contributed by atoms with Gasteiger partial charge in [-0.15, -0.1) is 6.58 Å². The first-order valence-corrected chi connectivity index (χ1v) is 6.08. The van der Waals surface area contributed by atoms with E-state index in [-0.39, 0.29) is 6.54 Å². The lowest BCUT2D eigenvalue weighted by molar-refractivity contribution is -0.137. The van der Waals surface area contributed by atoms with E-state index in [0.717, 1.165) is 0 Å². The van der Waals surface area contributed by atoms with Gasteiger partial charge in [0.2, 0.25) is 0 Å². The van der Waals surface area contributed by atoms with Crippen molar-refractivity contribution >= 4 is 5.91 Å². The summed E-state index contributed by atoms with van der Waals surface area (Å²) in [7, 11) is 0. The fraction of sp³-hybridized carbons (Fsp3) is 0.357. The van der Waals surface area contributed by atoms with E-state index in [9.17, 15) is 22.4 Å². The van der Waals surface area contributed by atoms with Crippen LogP contribution in [-0.2, 0) is 6.18 Å². The first-order valence-electron chi connectivity index (χ1n) is 6.08. The van der Waals surface area contributed by atoms with Crippen LogP contribution in [0.5, 0.6) is 0 Å². The van der Waals surface area contributed by atoms with Crippen LogP contribution < -0.4 is 0 Å². The van der Waals surface area contributed by atoms with Crippen LogP contribution in [-0.4, -0.2) is 23.9 Å². The summed E-state index contributed by atoms with van der Waals surface area (Å²) in [6.45, 7) is 5.76. The molecule has 0 aliphatic heterocycles.